The second-order valence-corrected chi connectivity index (χ2v) is 11.2. The minimum atomic E-state index is -0.551. The molecule has 1 saturated heterocycles. The summed E-state index contributed by atoms with van der Waals surface area (Å²) in [6.45, 7) is 0.00226. The van der Waals surface area contributed by atoms with E-state index < -0.39 is 6.29 Å². The molecular weight excluding hydrogens is 540 g/mol. The first-order chi connectivity index (χ1) is 20.0. The first-order valence-electron chi connectivity index (χ1n) is 14.0. The van der Waals surface area contributed by atoms with Crippen LogP contribution in [0.25, 0.3) is 0 Å². The van der Waals surface area contributed by atoms with Crippen molar-refractivity contribution in [2.24, 2.45) is 0 Å². The number of aliphatic hydroxyl groups is 1. The fourth-order valence-corrected chi connectivity index (χ4v) is 5.60. The molecule has 0 unspecified atom stereocenters. The summed E-state index contributed by atoms with van der Waals surface area (Å²) in [5.41, 5.74) is 5.12. The molecular formula is C32H38N2O6S. The third-order valence-corrected chi connectivity index (χ3v) is 8.09. The van der Waals surface area contributed by atoms with Crippen molar-refractivity contribution in [2.75, 3.05) is 11.1 Å². The van der Waals surface area contributed by atoms with Gasteiger partial charge in [-0.15, -0.1) is 11.8 Å². The summed E-state index contributed by atoms with van der Waals surface area (Å²) in [5.74, 6) is 0.349. The average Bonchev–Trinajstić information content (AvgIpc) is 3.02. The molecule has 4 N–H and O–H groups in total. The predicted molar refractivity (Wildman–Crippen MR) is 158 cm³/mol. The Kier molecular flexibility index (Phi) is 12.2. The summed E-state index contributed by atoms with van der Waals surface area (Å²) < 4.78 is 12.8. The standard InChI is InChI=1S/C32H38N2O6S/c35-21-23-12-14-24(15-13-23)29-20-27(22-41-28-8-4-3-5-9-28)39-32(40-29)25-16-18-26(19-17-25)33-30(36)10-6-1-2-7-11-31(37)34-38/h3-5,8-9,12-19,27,29,32,35,38H,1-2,6-7,10-11,20-22H2,(H,33,36)(H,34,37)/t27-,29+,32+/m0/s1. The molecule has 3 aromatic rings. The van der Waals surface area contributed by atoms with Crippen LogP contribution in [0.2, 0.25) is 0 Å². The molecule has 2 amide bonds. The Morgan fingerprint density at radius 3 is 2.12 bits per heavy atom. The Labute approximate surface area is 245 Å². The van der Waals surface area contributed by atoms with Gasteiger partial charge in [0.15, 0.2) is 6.29 Å². The summed E-state index contributed by atoms with van der Waals surface area (Å²) in [7, 11) is 0. The Morgan fingerprint density at radius 1 is 0.805 bits per heavy atom. The second-order valence-electron chi connectivity index (χ2n) is 10.1. The van der Waals surface area contributed by atoms with Crippen molar-refractivity contribution < 1.29 is 29.4 Å². The number of nitrogens with one attached hydrogen (secondary N) is 2. The van der Waals surface area contributed by atoms with Crippen LogP contribution in [-0.4, -0.2) is 34.0 Å². The van der Waals surface area contributed by atoms with Crippen LogP contribution in [0.5, 0.6) is 0 Å². The maximum absolute atomic E-state index is 12.4. The fourth-order valence-electron chi connectivity index (χ4n) is 4.66. The van der Waals surface area contributed by atoms with Gasteiger partial charge in [-0.3, -0.25) is 14.8 Å². The molecule has 1 heterocycles. The predicted octanol–water partition coefficient (Wildman–Crippen LogP) is 6.30. The third kappa shape index (κ3) is 9.98. The SMILES string of the molecule is O=C(CCCCCCC(=O)Nc1ccc([C@@H]2O[C@H](CSc3ccccc3)C[C@H](c3ccc(CO)cc3)O2)cc1)NO. The van der Waals surface area contributed by atoms with Crippen LogP contribution in [0.4, 0.5) is 5.69 Å². The molecule has 1 fully saturated rings. The van der Waals surface area contributed by atoms with Gasteiger partial charge in [-0.1, -0.05) is 67.4 Å². The van der Waals surface area contributed by atoms with Crippen molar-refractivity contribution in [3.05, 3.63) is 95.6 Å². The number of hydroxylamine groups is 1. The maximum Gasteiger partial charge on any atom is 0.243 e. The Bertz CT molecular complexity index is 1220. The highest BCUT2D eigenvalue weighted by Gasteiger charge is 2.32. The van der Waals surface area contributed by atoms with Crippen LogP contribution in [-0.2, 0) is 25.7 Å². The third-order valence-electron chi connectivity index (χ3n) is 6.94. The molecule has 1 aliphatic heterocycles. The lowest BCUT2D eigenvalue weighted by molar-refractivity contribution is -0.245. The van der Waals surface area contributed by atoms with Crippen molar-refractivity contribution in [1.29, 1.82) is 0 Å². The number of thioether (sulfide) groups is 1. The zero-order chi connectivity index (χ0) is 28.9. The minimum absolute atomic E-state index is 0.00226. The number of ether oxygens (including phenoxy) is 2. The van der Waals surface area contributed by atoms with Gasteiger partial charge in [0, 0.05) is 41.2 Å². The number of anilines is 1. The Hall–Kier alpha value is -3.21. The number of amides is 2. The quantitative estimate of drug-likeness (QED) is 0.0767. The second kappa shape index (κ2) is 16.3. The van der Waals surface area contributed by atoms with Gasteiger partial charge >= 0.3 is 0 Å². The van der Waals surface area contributed by atoms with Crippen LogP contribution < -0.4 is 10.8 Å². The molecule has 3 atom stereocenters. The Balaban J connectivity index is 1.33. The zero-order valence-corrected chi connectivity index (χ0v) is 23.9. The lowest BCUT2D eigenvalue weighted by Crippen LogP contribution is -2.31. The molecule has 218 valence electrons. The molecule has 8 nitrogen and oxygen atoms in total. The van der Waals surface area contributed by atoms with Gasteiger partial charge in [-0.25, -0.2) is 5.48 Å². The van der Waals surface area contributed by atoms with E-state index in [4.69, 9.17) is 14.7 Å². The first-order valence-corrected chi connectivity index (χ1v) is 15.0. The summed E-state index contributed by atoms with van der Waals surface area (Å²) in [6.07, 6.45) is 3.76. The highest BCUT2D eigenvalue weighted by molar-refractivity contribution is 7.99. The number of hydrogen-bond acceptors (Lipinski definition) is 7. The van der Waals surface area contributed by atoms with Crippen molar-refractivity contribution >= 4 is 29.3 Å². The number of unbranched alkanes of at least 4 members (excludes halogenated alkanes) is 3. The Morgan fingerprint density at radius 2 is 1.46 bits per heavy atom. The van der Waals surface area contributed by atoms with Crippen molar-refractivity contribution in [3.63, 3.8) is 0 Å². The van der Waals surface area contributed by atoms with E-state index in [0.717, 1.165) is 48.1 Å². The first kappa shape index (κ1) is 30.7. The summed E-state index contributed by atoms with van der Waals surface area (Å²) in [6, 6.07) is 25.7. The number of aliphatic hydroxyl groups excluding tert-OH is 1. The molecule has 0 aromatic heterocycles. The van der Waals surface area contributed by atoms with Gasteiger partial charge in [0.05, 0.1) is 18.8 Å². The number of benzene rings is 3. The minimum Gasteiger partial charge on any atom is -0.392 e. The molecule has 9 heteroatoms. The van der Waals surface area contributed by atoms with E-state index in [2.05, 4.69) is 17.4 Å². The number of hydrogen-bond donors (Lipinski definition) is 4. The van der Waals surface area contributed by atoms with E-state index in [0.29, 0.717) is 18.5 Å². The lowest BCUT2D eigenvalue weighted by Gasteiger charge is -2.36. The van der Waals surface area contributed by atoms with Crippen molar-refractivity contribution in [3.8, 4) is 0 Å². The summed E-state index contributed by atoms with van der Waals surface area (Å²) >= 11 is 1.76. The van der Waals surface area contributed by atoms with E-state index in [1.54, 1.807) is 17.2 Å². The van der Waals surface area contributed by atoms with E-state index in [9.17, 15) is 14.7 Å². The highest BCUT2D eigenvalue weighted by atomic mass is 32.2. The molecule has 0 saturated carbocycles. The monoisotopic (exact) mass is 578 g/mol. The lowest BCUT2D eigenvalue weighted by atomic mass is 10.0. The average molecular weight is 579 g/mol. The van der Waals surface area contributed by atoms with E-state index in [1.165, 1.54) is 4.90 Å². The molecule has 41 heavy (non-hydrogen) atoms. The topological polar surface area (TPSA) is 117 Å². The number of carbonyl (C=O) groups is 2. The molecule has 4 rings (SSSR count). The normalized spacial score (nSPS) is 18.5. The van der Waals surface area contributed by atoms with Crippen molar-refractivity contribution in [2.45, 2.75) is 74.9 Å². The van der Waals surface area contributed by atoms with Crippen LogP contribution in [0.3, 0.4) is 0 Å². The molecule has 0 spiro atoms. The maximum atomic E-state index is 12.4. The molecule has 0 radical (unpaired) electrons. The molecule has 0 bridgehead atoms. The van der Waals surface area contributed by atoms with Crippen LogP contribution in [0.15, 0.2) is 83.8 Å². The number of carbonyl (C=O) groups excluding carboxylic acids is 2. The summed E-state index contributed by atoms with van der Waals surface area (Å²) in [5, 5.41) is 20.9. The summed E-state index contributed by atoms with van der Waals surface area (Å²) in [4.78, 5) is 24.6. The zero-order valence-electron chi connectivity index (χ0n) is 23.0. The van der Waals surface area contributed by atoms with E-state index in [1.807, 2.05) is 66.7 Å². The van der Waals surface area contributed by atoms with Gasteiger partial charge in [0.25, 0.3) is 0 Å². The van der Waals surface area contributed by atoms with Gasteiger partial charge in [0.1, 0.15) is 0 Å². The van der Waals surface area contributed by atoms with Crippen molar-refractivity contribution in [1.82, 2.24) is 5.48 Å². The van der Waals surface area contributed by atoms with Crippen LogP contribution >= 0.6 is 11.8 Å². The molecule has 3 aromatic carbocycles. The van der Waals surface area contributed by atoms with Gasteiger partial charge < -0.3 is 19.9 Å². The van der Waals surface area contributed by atoms with Gasteiger partial charge in [0.2, 0.25) is 11.8 Å². The van der Waals surface area contributed by atoms with Crippen LogP contribution in [0, 0.1) is 0 Å². The molecule has 1 aliphatic rings. The van der Waals surface area contributed by atoms with Crippen LogP contribution in [0.1, 0.15) is 74.0 Å². The number of rotatable bonds is 14. The smallest absolute Gasteiger partial charge is 0.243 e. The highest BCUT2D eigenvalue weighted by Crippen LogP contribution is 2.39. The largest absolute Gasteiger partial charge is 0.392 e. The van der Waals surface area contributed by atoms with E-state index >= 15 is 0 Å². The van der Waals surface area contributed by atoms with Gasteiger partial charge in [-0.05, 0) is 48.2 Å². The fraction of sp³-hybridized carbons (Fsp3) is 0.375. The molecule has 0 aliphatic carbocycles. The van der Waals surface area contributed by atoms with Gasteiger partial charge in [-0.2, -0.15) is 0 Å². The van der Waals surface area contributed by atoms with E-state index in [-0.39, 0.29) is 37.0 Å².